The zero-order valence-corrected chi connectivity index (χ0v) is 8.88. The second-order valence-corrected chi connectivity index (χ2v) is 5.33. The lowest BCUT2D eigenvalue weighted by molar-refractivity contribution is -0.00102. The third-order valence-electron chi connectivity index (χ3n) is 2.19. The van der Waals surface area contributed by atoms with Crippen LogP contribution in [-0.2, 0) is 4.74 Å². The van der Waals surface area contributed by atoms with Crippen LogP contribution in [0.5, 0.6) is 0 Å². The normalized spacial score (nSPS) is 27.0. The molecule has 1 fully saturated rings. The first-order valence-electron chi connectivity index (χ1n) is 4.11. The summed E-state index contributed by atoms with van der Waals surface area (Å²) in [5.74, 6) is 0. The summed E-state index contributed by atoms with van der Waals surface area (Å²) in [4.78, 5) is 0. The van der Waals surface area contributed by atoms with Crippen LogP contribution in [0.1, 0.15) is 33.1 Å². The molecule has 1 nitrogen and oxygen atoms in total. The Morgan fingerprint density at radius 1 is 1.45 bits per heavy atom. The van der Waals surface area contributed by atoms with E-state index in [0.29, 0.717) is 6.10 Å². The smallest absolute Gasteiger partial charge is 0.0724 e. The molecule has 0 aliphatic carbocycles. The molecule has 0 aromatic heterocycles. The van der Waals surface area contributed by atoms with Crippen molar-refractivity contribution in [3.63, 3.8) is 0 Å². The van der Waals surface area contributed by atoms with Crippen molar-refractivity contribution in [2.24, 2.45) is 0 Å². The average molecular weight is 192 g/mol. The first-order valence-corrected chi connectivity index (χ1v) is 5.98. The summed E-state index contributed by atoms with van der Waals surface area (Å²) in [6, 6.07) is 0. The Labute approximate surface area is 78.1 Å². The van der Waals surface area contributed by atoms with E-state index in [0.717, 1.165) is 6.61 Å². The van der Waals surface area contributed by atoms with Crippen molar-refractivity contribution in [3.8, 4) is 0 Å². The minimum absolute atomic E-state index is 0.170. The molecule has 3 heteroatoms. The lowest BCUT2D eigenvalue weighted by Crippen LogP contribution is -2.36. The molecule has 0 aromatic rings. The van der Waals surface area contributed by atoms with Gasteiger partial charge in [-0.3, -0.25) is 0 Å². The molecule has 1 rings (SSSR count). The van der Waals surface area contributed by atoms with Crippen molar-refractivity contribution in [3.05, 3.63) is 0 Å². The van der Waals surface area contributed by atoms with Gasteiger partial charge in [-0.1, -0.05) is 10.8 Å². The highest BCUT2D eigenvalue weighted by Crippen LogP contribution is 2.36. The fraction of sp³-hybridized carbons (Fsp3) is 1.00. The van der Waals surface area contributed by atoms with E-state index in [-0.39, 0.29) is 4.75 Å². The van der Waals surface area contributed by atoms with Crippen LogP contribution >= 0.6 is 22.5 Å². The first kappa shape index (κ1) is 9.75. The van der Waals surface area contributed by atoms with E-state index in [4.69, 9.17) is 4.74 Å². The van der Waals surface area contributed by atoms with E-state index in [1.807, 2.05) is 0 Å². The van der Waals surface area contributed by atoms with Crippen molar-refractivity contribution < 1.29 is 4.74 Å². The van der Waals surface area contributed by atoms with Crippen molar-refractivity contribution in [1.82, 2.24) is 0 Å². The third-order valence-corrected chi connectivity index (χ3v) is 4.34. The average Bonchev–Trinajstić information content (AvgIpc) is 2.06. The number of ether oxygens (including phenoxy) is 1. The Kier molecular flexibility index (Phi) is 3.59. The molecule has 11 heavy (non-hydrogen) atoms. The Balaban J connectivity index is 2.43. The molecule has 1 aliphatic rings. The Morgan fingerprint density at radius 2 is 2.18 bits per heavy atom. The van der Waals surface area contributed by atoms with Crippen molar-refractivity contribution in [2.75, 3.05) is 6.61 Å². The molecule has 0 bridgehead atoms. The maximum atomic E-state index is 5.66. The Morgan fingerprint density at radius 3 is 2.64 bits per heavy atom. The fourth-order valence-corrected chi connectivity index (χ4v) is 2.00. The second kappa shape index (κ2) is 4.06. The van der Waals surface area contributed by atoms with Gasteiger partial charge in [0.15, 0.2) is 0 Å². The van der Waals surface area contributed by atoms with Gasteiger partial charge < -0.3 is 4.74 Å². The Bertz CT molecular complexity index is 119. The van der Waals surface area contributed by atoms with E-state index in [2.05, 4.69) is 25.5 Å². The number of hydrogen-bond acceptors (Lipinski definition) is 3. The topological polar surface area (TPSA) is 9.23 Å². The summed E-state index contributed by atoms with van der Waals surface area (Å²) in [5.41, 5.74) is 0. The minimum Gasteiger partial charge on any atom is -0.377 e. The largest absolute Gasteiger partial charge is 0.377 e. The molecular formula is C8H16OS2. The number of rotatable bonds is 2. The predicted octanol–water partition coefficient (Wildman–Crippen LogP) is 2.91. The summed E-state index contributed by atoms with van der Waals surface area (Å²) in [5, 5.41) is 0. The lowest BCUT2D eigenvalue weighted by atomic mass is 9.98. The molecule has 0 spiro atoms. The summed E-state index contributed by atoms with van der Waals surface area (Å²) in [6.07, 6.45) is 4.13. The van der Waals surface area contributed by atoms with E-state index >= 15 is 0 Å². The highest BCUT2D eigenvalue weighted by atomic mass is 33.1. The summed E-state index contributed by atoms with van der Waals surface area (Å²) >= 11 is 4.25. The third kappa shape index (κ3) is 2.56. The highest BCUT2D eigenvalue weighted by Gasteiger charge is 2.31. The van der Waals surface area contributed by atoms with Gasteiger partial charge in [-0.2, -0.15) is 0 Å². The van der Waals surface area contributed by atoms with Crippen molar-refractivity contribution >= 4 is 22.5 Å². The van der Waals surface area contributed by atoms with Gasteiger partial charge in [-0.05, 0) is 33.1 Å². The molecule has 0 saturated carbocycles. The van der Waals surface area contributed by atoms with E-state index in [1.165, 1.54) is 19.3 Å². The zero-order valence-electron chi connectivity index (χ0n) is 7.17. The van der Waals surface area contributed by atoms with Crippen LogP contribution in [0, 0.1) is 0 Å². The van der Waals surface area contributed by atoms with Gasteiger partial charge in [-0.25, -0.2) is 0 Å². The van der Waals surface area contributed by atoms with Gasteiger partial charge in [-0.15, -0.1) is 11.7 Å². The van der Waals surface area contributed by atoms with E-state index < -0.39 is 0 Å². The van der Waals surface area contributed by atoms with Gasteiger partial charge in [0.2, 0.25) is 0 Å². The molecule has 0 N–H and O–H groups in total. The molecule has 66 valence electrons. The summed E-state index contributed by atoms with van der Waals surface area (Å²) in [6.45, 7) is 5.32. The minimum atomic E-state index is 0.170. The molecule has 1 saturated heterocycles. The number of thiol groups is 1. The van der Waals surface area contributed by atoms with Crippen LogP contribution in [0.4, 0.5) is 0 Å². The summed E-state index contributed by atoms with van der Waals surface area (Å²) in [7, 11) is 1.60. The van der Waals surface area contributed by atoms with Crippen LogP contribution < -0.4 is 0 Å². The molecule has 0 amide bonds. The van der Waals surface area contributed by atoms with Crippen molar-refractivity contribution in [1.29, 1.82) is 0 Å². The van der Waals surface area contributed by atoms with Crippen LogP contribution in [0.15, 0.2) is 0 Å². The van der Waals surface area contributed by atoms with Crippen LogP contribution in [0.3, 0.4) is 0 Å². The second-order valence-electron chi connectivity index (χ2n) is 3.55. The SMILES string of the molecule is CC(C)(SS)C1CCCCO1. The summed E-state index contributed by atoms with van der Waals surface area (Å²) < 4.78 is 5.83. The van der Waals surface area contributed by atoms with E-state index in [9.17, 15) is 0 Å². The van der Waals surface area contributed by atoms with Crippen LogP contribution in [0.25, 0.3) is 0 Å². The molecule has 1 unspecified atom stereocenters. The Hall–Kier alpha value is 0.660. The molecule has 0 radical (unpaired) electrons. The molecule has 1 aliphatic heterocycles. The fourth-order valence-electron chi connectivity index (χ4n) is 1.35. The van der Waals surface area contributed by atoms with Gasteiger partial charge in [0.1, 0.15) is 0 Å². The van der Waals surface area contributed by atoms with Gasteiger partial charge in [0, 0.05) is 11.4 Å². The predicted molar refractivity (Wildman–Crippen MR) is 54.2 cm³/mol. The van der Waals surface area contributed by atoms with Crippen molar-refractivity contribution in [2.45, 2.75) is 44.0 Å². The maximum Gasteiger partial charge on any atom is 0.0724 e. The van der Waals surface area contributed by atoms with E-state index in [1.54, 1.807) is 10.8 Å². The zero-order chi connectivity index (χ0) is 8.32. The van der Waals surface area contributed by atoms with Crippen LogP contribution in [0.2, 0.25) is 0 Å². The molecular weight excluding hydrogens is 176 g/mol. The molecule has 0 aromatic carbocycles. The first-order chi connectivity index (χ1) is 5.17. The maximum absolute atomic E-state index is 5.66. The number of hydrogen-bond donors (Lipinski definition) is 1. The van der Waals surface area contributed by atoms with Gasteiger partial charge in [0.25, 0.3) is 0 Å². The highest BCUT2D eigenvalue weighted by molar-refractivity contribution is 8.69. The lowest BCUT2D eigenvalue weighted by Gasteiger charge is -2.34. The van der Waals surface area contributed by atoms with Gasteiger partial charge >= 0.3 is 0 Å². The molecule has 1 atom stereocenters. The monoisotopic (exact) mass is 192 g/mol. The standard InChI is InChI=1S/C8H16OS2/c1-8(2,11-10)7-5-3-4-6-9-7/h7,10H,3-6H2,1-2H3. The quantitative estimate of drug-likeness (QED) is 0.532. The van der Waals surface area contributed by atoms with Gasteiger partial charge in [0.05, 0.1) is 6.10 Å². The molecule has 1 heterocycles. The van der Waals surface area contributed by atoms with Crippen LogP contribution in [-0.4, -0.2) is 17.5 Å².